The molecule has 2 aromatic carbocycles. The Bertz CT molecular complexity index is 1560. The van der Waals surface area contributed by atoms with Crippen molar-refractivity contribution in [2.75, 3.05) is 4.90 Å². The number of carbonyl (C=O) groups excluding carboxylic acids is 5. The second-order valence-electron chi connectivity index (χ2n) is 10.4. The van der Waals surface area contributed by atoms with Gasteiger partial charge >= 0.3 is 0 Å². The van der Waals surface area contributed by atoms with Crippen LogP contribution in [0.1, 0.15) is 48.5 Å². The fourth-order valence-corrected chi connectivity index (χ4v) is 6.55. The molecule has 0 radical (unpaired) electrons. The lowest BCUT2D eigenvalue weighted by Gasteiger charge is -2.42. The molecule has 6 rings (SSSR count). The molecule has 2 amide bonds. The molecule has 0 bridgehead atoms. The molecule has 0 aromatic heterocycles. The molecule has 190 valence electrons. The fourth-order valence-electron chi connectivity index (χ4n) is 6.55. The minimum Gasteiger partial charge on any atom is -0.508 e. The van der Waals surface area contributed by atoms with E-state index in [4.69, 9.17) is 0 Å². The van der Waals surface area contributed by atoms with Crippen LogP contribution in [-0.4, -0.2) is 34.3 Å². The van der Waals surface area contributed by atoms with Crippen molar-refractivity contribution in [1.29, 1.82) is 0 Å². The van der Waals surface area contributed by atoms with E-state index >= 15 is 0 Å². The van der Waals surface area contributed by atoms with Crippen LogP contribution in [0.3, 0.4) is 0 Å². The maximum Gasteiger partial charge on any atom is 0.238 e. The minimum absolute atomic E-state index is 0.00138. The number of carbonyl (C=O) groups is 5. The molecular weight excluding hydrogens is 482 g/mol. The predicted molar refractivity (Wildman–Crippen MR) is 138 cm³/mol. The van der Waals surface area contributed by atoms with E-state index in [2.05, 4.69) is 0 Å². The number of amides is 2. The molecule has 4 atom stereocenters. The Balaban J connectivity index is 1.46. The van der Waals surface area contributed by atoms with Crippen LogP contribution in [0.4, 0.5) is 5.69 Å². The van der Waals surface area contributed by atoms with Gasteiger partial charge in [-0.05, 0) is 69.0 Å². The number of phenols is 1. The highest BCUT2D eigenvalue weighted by atomic mass is 16.3. The number of hydrogen-bond acceptors (Lipinski definition) is 6. The van der Waals surface area contributed by atoms with Crippen LogP contribution in [0.15, 0.2) is 83.0 Å². The molecule has 4 aliphatic rings. The van der Waals surface area contributed by atoms with Gasteiger partial charge in [0.2, 0.25) is 11.8 Å². The Morgan fingerprint density at radius 2 is 1.66 bits per heavy atom. The molecule has 7 heteroatoms. The van der Waals surface area contributed by atoms with E-state index in [9.17, 15) is 29.1 Å². The van der Waals surface area contributed by atoms with Crippen molar-refractivity contribution in [2.45, 2.75) is 32.6 Å². The van der Waals surface area contributed by atoms with Gasteiger partial charge in [0.15, 0.2) is 17.3 Å². The molecular formula is C31H25NO6. The SMILES string of the molecule is CC(=O)c1ccc(N2C(=O)[C@H]3[C@H](CC=C4[C@H](c5ccccc5O)C5=C(C[C@H]43)C(=O)C=C(C)C5=O)C2=O)cc1. The average Bonchev–Trinajstić information content (AvgIpc) is 3.16. The highest BCUT2D eigenvalue weighted by molar-refractivity contribution is 6.25. The number of para-hydroxylation sites is 1. The first-order valence-corrected chi connectivity index (χ1v) is 12.7. The lowest BCUT2D eigenvalue weighted by molar-refractivity contribution is -0.123. The van der Waals surface area contributed by atoms with Crippen LogP contribution >= 0.6 is 0 Å². The first-order chi connectivity index (χ1) is 18.2. The summed E-state index contributed by atoms with van der Waals surface area (Å²) in [5, 5.41) is 10.8. The van der Waals surface area contributed by atoms with Crippen LogP contribution in [-0.2, 0) is 19.2 Å². The molecule has 1 aliphatic heterocycles. The molecule has 0 unspecified atom stereocenters. The average molecular weight is 508 g/mol. The summed E-state index contributed by atoms with van der Waals surface area (Å²) in [7, 11) is 0. The summed E-state index contributed by atoms with van der Waals surface area (Å²) in [6, 6.07) is 13.1. The number of phenolic OH excluding ortho intramolecular Hbond substituents is 1. The summed E-state index contributed by atoms with van der Waals surface area (Å²) in [5.74, 6) is -3.75. The van der Waals surface area contributed by atoms with E-state index in [0.29, 0.717) is 40.0 Å². The van der Waals surface area contributed by atoms with E-state index in [-0.39, 0.29) is 41.3 Å². The quantitative estimate of drug-likeness (QED) is 0.288. The smallest absolute Gasteiger partial charge is 0.238 e. The molecule has 0 saturated carbocycles. The molecule has 0 spiro atoms. The Morgan fingerprint density at radius 1 is 0.947 bits per heavy atom. The van der Waals surface area contributed by atoms with Gasteiger partial charge in [0.25, 0.3) is 0 Å². The number of rotatable bonds is 3. The van der Waals surface area contributed by atoms with Crippen LogP contribution in [0.2, 0.25) is 0 Å². The molecule has 2 aromatic rings. The summed E-state index contributed by atoms with van der Waals surface area (Å²) in [6.45, 7) is 3.06. The predicted octanol–water partition coefficient (Wildman–Crippen LogP) is 4.23. The zero-order valence-electron chi connectivity index (χ0n) is 20.9. The number of imide groups is 1. The van der Waals surface area contributed by atoms with Gasteiger partial charge in [-0.2, -0.15) is 0 Å². The normalized spacial score (nSPS) is 26.5. The van der Waals surface area contributed by atoms with Crippen LogP contribution in [0, 0.1) is 17.8 Å². The highest BCUT2D eigenvalue weighted by Gasteiger charge is 2.56. The Kier molecular flexibility index (Phi) is 5.42. The van der Waals surface area contributed by atoms with E-state index in [1.54, 1.807) is 55.5 Å². The first kappa shape index (κ1) is 24.0. The number of hydrogen-bond donors (Lipinski definition) is 1. The van der Waals surface area contributed by atoms with Crippen molar-refractivity contribution >= 4 is 34.9 Å². The monoisotopic (exact) mass is 507 g/mol. The van der Waals surface area contributed by atoms with Crippen LogP contribution in [0.5, 0.6) is 5.75 Å². The largest absolute Gasteiger partial charge is 0.508 e. The number of anilines is 1. The molecule has 1 N–H and O–H groups in total. The zero-order chi connectivity index (χ0) is 26.9. The Labute approximate surface area is 219 Å². The Hall–Kier alpha value is -4.39. The highest BCUT2D eigenvalue weighted by Crippen LogP contribution is 2.56. The fraction of sp³-hybridized carbons (Fsp3) is 0.258. The third-order valence-corrected chi connectivity index (χ3v) is 8.34. The van der Waals surface area contributed by atoms with E-state index in [1.807, 2.05) is 6.08 Å². The number of aromatic hydroxyl groups is 1. The number of nitrogens with zero attached hydrogens (tertiary/aromatic N) is 1. The number of ketones is 3. The van der Waals surface area contributed by atoms with Gasteiger partial charge in [-0.3, -0.25) is 28.9 Å². The van der Waals surface area contributed by atoms with Crippen LogP contribution < -0.4 is 4.90 Å². The van der Waals surface area contributed by atoms with E-state index < -0.39 is 23.7 Å². The Morgan fingerprint density at radius 3 is 2.34 bits per heavy atom. The van der Waals surface area contributed by atoms with Gasteiger partial charge in [-0.25, -0.2) is 0 Å². The summed E-state index contributed by atoms with van der Waals surface area (Å²) in [4.78, 5) is 66.8. The molecule has 7 nitrogen and oxygen atoms in total. The maximum atomic E-state index is 13.9. The summed E-state index contributed by atoms with van der Waals surface area (Å²) < 4.78 is 0. The minimum atomic E-state index is -0.702. The zero-order valence-corrected chi connectivity index (χ0v) is 20.9. The number of Topliss-reactive ketones (excluding diaryl/α,β-unsaturated/α-hetero) is 2. The first-order valence-electron chi connectivity index (χ1n) is 12.7. The lowest BCUT2D eigenvalue weighted by Crippen LogP contribution is -2.39. The lowest BCUT2D eigenvalue weighted by atomic mass is 9.59. The van der Waals surface area contributed by atoms with Crippen molar-refractivity contribution in [3.05, 3.63) is 94.1 Å². The van der Waals surface area contributed by atoms with E-state index in [1.165, 1.54) is 17.9 Å². The van der Waals surface area contributed by atoms with Crippen molar-refractivity contribution < 1.29 is 29.1 Å². The third kappa shape index (κ3) is 3.38. The molecule has 1 heterocycles. The summed E-state index contributed by atoms with van der Waals surface area (Å²) in [5.41, 5.74) is 3.21. The van der Waals surface area contributed by atoms with Crippen LogP contribution in [0.25, 0.3) is 0 Å². The second kappa shape index (κ2) is 8.58. The maximum absolute atomic E-state index is 13.9. The van der Waals surface area contributed by atoms with Crippen molar-refractivity contribution in [2.24, 2.45) is 17.8 Å². The van der Waals surface area contributed by atoms with Crippen molar-refractivity contribution in [3.8, 4) is 5.75 Å². The summed E-state index contributed by atoms with van der Waals surface area (Å²) >= 11 is 0. The molecule has 3 aliphatic carbocycles. The molecule has 38 heavy (non-hydrogen) atoms. The van der Waals surface area contributed by atoms with Gasteiger partial charge in [0, 0.05) is 33.8 Å². The molecule has 1 saturated heterocycles. The number of benzene rings is 2. The molecule has 1 fully saturated rings. The van der Waals surface area contributed by atoms with Gasteiger partial charge < -0.3 is 5.11 Å². The number of allylic oxidation sites excluding steroid dienone is 6. The summed E-state index contributed by atoms with van der Waals surface area (Å²) in [6.07, 6.45) is 3.75. The third-order valence-electron chi connectivity index (χ3n) is 8.34. The topological polar surface area (TPSA) is 109 Å². The van der Waals surface area contributed by atoms with Gasteiger partial charge in [0.1, 0.15) is 5.75 Å². The van der Waals surface area contributed by atoms with Gasteiger partial charge in [-0.1, -0.05) is 29.8 Å². The second-order valence-corrected chi connectivity index (χ2v) is 10.4. The standard InChI is InChI=1S/C31H25NO6/c1-15-13-25(35)23-14-22-19(26(28(23)29(15)36)20-5-3-4-6-24(20)34)11-12-21-27(22)31(38)32(30(21)37)18-9-7-17(8-10-18)16(2)33/h3-11,13,21-22,26-27,34H,12,14H2,1-2H3/t21-,22+,26+,27-/m0/s1. The van der Waals surface area contributed by atoms with Crippen molar-refractivity contribution in [3.63, 3.8) is 0 Å². The van der Waals surface area contributed by atoms with Crippen molar-refractivity contribution in [1.82, 2.24) is 0 Å². The number of fused-ring (bicyclic) bond motifs is 3. The van der Waals surface area contributed by atoms with Gasteiger partial charge in [-0.15, -0.1) is 0 Å². The van der Waals surface area contributed by atoms with E-state index in [0.717, 1.165) is 5.57 Å². The van der Waals surface area contributed by atoms with Gasteiger partial charge in [0.05, 0.1) is 17.5 Å².